The predicted molar refractivity (Wildman–Crippen MR) is 120 cm³/mol. The van der Waals surface area contributed by atoms with E-state index in [-0.39, 0.29) is 17.5 Å². The van der Waals surface area contributed by atoms with Gasteiger partial charge in [0.05, 0.1) is 11.3 Å². The molecule has 1 aliphatic carbocycles. The highest BCUT2D eigenvalue weighted by Gasteiger charge is 2.34. The van der Waals surface area contributed by atoms with E-state index in [0.717, 1.165) is 12.8 Å². The van der Waals surface area contributed by atoms with Gasteiger partial charge >= 0.3 is 6.03 Å². The van der Waals surface area contributed by atoms with Gasteiger partial charge in [-0.1, -0.05) is 33.8 Å². The third-order valence-corrected chi connectivity index (χ3v) is 7.02. The Morgan fingerprint density at radius 2 is 1.88 bits per heavy atom. The summed E-state index contributed by atoms with van der Waals surface area (Å²) in [6, 6.07) is 3.20. The molecule has 0 radical (unpaired) electrons. The second-order valence-corrected chi connectivity index (χ2v) is 10.8. The van der Waals surface area contributed by atoms with Gasteiger partial charge in [-0.05, 0) is 49.7 Å². The lowest BCUT2D eigenvalue weighted by Crippen LogP contribution is -2.35. The van der Waals surface area contributed by atoms with E-state index in [1.807, 2.05) is 18.6 Å². The number of carbonyl (C=O) groups excluding carboxylic acids is 1. The highest BCUT2D eigenvalue weighted by Crippen LogP contribution is 2.37. The monoisotopic (exact) mass is 466 g/mol. The number of sulfonamides is 1. The molecule has 0 saturated carbocycles. The van der Waals surface area contributed by atoms with Crippen LogP contribution in [0.4, 0.5) is 14.9 Å². The molecule has 1 aromatic heterocycles. The van der Waals surface area contributed by atoms with Crippen molar-refractivity contribution in [3.05, 3.63) is 46.5 Å². The molecule has 32 heavy (non-hydrogen) atoms. The number of fused-ring (bicyclic) bond motifs is 1. The number of amides is 2. The Bertz CT molecular complexity index is 1120. The van der Waals surface area contributed by atoms with Gasteiger partial charge in [0.25, 0.3) is 10.0 Å². The van der Waals surface area contributed by atoms with Crippen molar-refractivity contribution in [2.24, 2.45) is 0 Å². The summed E-state index contributed by atoms with van der Waals surface area (Å²) in [7, 11) is -4.35. The van der Waals surface area contributed by atoms with Crippen LogP contribution >= 0.6 is 0 Å². The second-order valence-electron chi connectivity index (χ2n) is 9.18. The maximum atomic E-state index is 14.5. The summed E-state index contributed by atoms with van der Waals surface area (Å²) in [6.07, 6.45) is 2.55. The quantitative estimate of drug-likeness (QED) is 0.531. The number of benzene rings is 1. The maximum absolute atomic E-state index is 14.5. The van der Waals surface area contributed by atoms with E-state index >= 15 is 0 Å². The third kappa shape index (κ3) is 4.83. The van der Waals surface area contributed by atoms with Crippen LogP contribution in [0, 0.1) is 5.82 Å². The van der Waals surface area contributed by atoms with Gasteiger partial charge in [-0.25, -0.2) is 13.9 Å². The highest BCUT2D eigenvalue weighted by atomic mass is 32.2. The zero-order valence-corrected chi connectivity index (χ0v) is 19.9. The molecule has 1 unspecified atom stereocenters. The number of aryl methyl sites for hydroxylation is 1. The summed E-state index contributed by atoms with van der Waals surface area (Å²) in [5.41, 5.74) is 0.490. The van der Waals surface area contributed by atoms with Crippen molar-refractivity contribution in [2.75, 3.05) is 5.32 Å². The van der Waals surface area contributed by atoms with Crippen molar-refractivity contribution >= 4 is 21.7 Å². The third-order valence-electron chi connectivity index (χ3n) is 5.84. The number of halogens is 1. The molecule has 0 spiro atoms. The normalized spacial score (nSPS) is 19.0. The average Bonchev–Trinajstić information content (AvgIpc) is 3.05. The lowest BCUT2D eigenvalue weighted by Gasteiger charge is -2.21. The van der Waals surface area contributed by atoms with Gasteiger partial charge in [0.1, 0.15) is 11.6 Å². The number of urea groups is 1. The highest BCUT2D eigenvalue weighted by molar-refractivity contribution is 7.89. The van der Waals surface area contributed by atoms with E-state index in [4.69, 9.17) is 4.42 Å². The molecule has 1 aliphatic rings. The standard InChI is InChI=1S/C23H31FN2O5S/c1-13(2)15-9-10-17(24)20(14(3)4)21(15)25-22(27)26-32(29,30)19-12-16-18(31-19)8-6-7-11-23(16,5)28/h9-10,12-14,28H,6-8,11H2,1-5H3,(H2,25,26,27). The van der Waals surface area contributed by atoms with Crippen molar-refractivity contribution in [3.63, 3.8) is 0 Å². The molecule has 2 amide bonds. The molecule has 2 aromatic rings. The minimum absolute atomic E-state index is 0.0250. The molecule has 9 heteroatoms. The van der Waals surface area contributed by atoms with Gasteiger partial charge in [-0.2, -0.15) is 8.42 Å². The van der Waals surface area contributed by atoms with Crippen LogP contribution in [0.3, 0.4) is 0 Å². The Hall–Kier alpha value is -2.39. The van der Waals surface area contributed by atoms with Gasteiger partial charge in [0.2, 0.25) is 5.09 Å². The zero-order chi connectivity index (χ0) is 23.8. The van der Waals surface area contributed by atoms with Crippen LogP contribution in [0.5, 0.6) is 0 Å². The minimum atomic E-state index is -4.35. The summed E-state index contributed by atoms with van der Waals surface area (Å²) in [6.45, 7) is 9.01. The van der Waals surface area contributed by atoms with Gasteiger partial charge in [0, 0.05) is 23.6 Å². The Morgan fingerprint density at radius 3 is 2.50 bits per heavy atom. The van der Waals surface area contributed by atoms with Crippen molar-refractivity contribution in [3.8, 4) is 0 Å². The number of hydrogen-bond acceptors (Lipinski definition) is 5. The fourth-order valence-corrected chi connectivity index (χ4v) is 5.05. The molecule has 1 aromatic carbocycles. The first-order chi connectivity index (χ1) is 14.8. The second kappa shape index (κ2) is 8.86. The topological polar surface area (TPSA) is 109 Å². The Kier molecular flexibility index (Phi) is 6.72. The maximum Gasteiger partial charge on any atom is 0.333 e. The Balaban J connectivity index is 1.90. The Labute approximate surface area is 188 Å². The van der Waals surface area contributed by atoms with E-state index in [1.54, 1.807) is 26.8 Å². The molecule has 0 saturated heterocycles. The molecule has 3 N–H and O–H groups in total. The van der Waals surface area contributed by atoms with Crippen LogP contribution < -0.4 is 10.0 Å². The van der Waals surface area contributed by atoms with Crippen molar-refractivity contribution in [1.82, 2.24) is 4.72 Å². The lowest BCUT2D eigenvalue weighted by molar-refractivity contribution is 0.0468. The number of anilines is 1. The first-order valence-electron chi connectivity index (χ1n) is 10.8. The van der Waals surface area contributed by atoms with Gasteiger partial charge in [-0.3, -0.25) is 0 Å². The molecule has 7 nitrogen and oxygen atoms in total. The molecule has 3 rings (SSSR count). The lowest BCUT2D eigenvalue weighted by atomic mass is 9.92. The number of hydrogen-bond donors (Lipinski definition) is 3. The van der Waals surface area contributed by atoms with Gasteiger partial charge in [0.15, 0.2) is 0 Å². The van der Waals surface area contributed by atoms with Crippen molar-refractivity contribution in [2.45, 2.75) is 82.8 Å². The average molecular weight is 467 g/mol. The molecule has 0 aliphatic heterocycles. The van der Waals surface area contributed by atoms with Gasteiger partial charge in [-0.15, -0.1) is 0 Å². The number of rotatable bonds is 5. The molecule has 1 atom stereocenters. The largest absolute Gasteiger partial charge is 0.447 e. The smallest absolute Gasteiger partial charge is 0.333 e. The van der Waals surface area contributed by atoms with E-state index in [1.165, 1.54) is 12.1 Å². The van der Waals surface area contributed by atoms with Gasteiger partial charge < -0.3 is 14.8 Å². The van der Waals surface area contributed by atoms with Crippen LogP contribution in [0.1, 0.15) is 88.2 Å². The van der Waals surface area contributed by atoms with Crippen LogP contribution in [-0.2, 0) is 22.0 Å². The fraction of sp³-hybridized carbons (Fsp3) is 0.522. The first kappa shape index (κ1) is 24.3. The van der Waals surface area contributed by atoms with E-state index in [2.05, 4.69) is 5.32 Å². The van der Waals surface area contributed by atoms with Crippen molar-refractivity contribution < 1.29 is 27.1 Å². The number of aliphatic hydroxyl groups is 1. The summed E-state index contributed by atoms with van der Waals surface area (Å²) in [5, 5.41) is 12.8. The number of nitrogens with one attached hydrogen (secondary N) is 2. The zero-order valence-electron chi connectivity index (χ0n) is 19.1. The van der Waals surface area contributed by atoms with E-state index < -0.39 is 32.6 Å². The summed E-state index contributed by atoms with van der Waals surface area (Å²) in [5.74, 6) is -0.325. The predicted octanol–water partition coefficient (Wildman–Crippen LogP) is 5.11. The molecular weight excluding hydrogens is 435 g/mol. The summed E-state index contributed by atoms with van der Waals surface area (Å²) < 4.78 is 47.6. The SMILES string of the molecule is CC(C)c1ccc(F)c(C(C)C)c1NC(=O)NS(=O)(=O)c1cc2c(o1)CCCCC2(C)O. The summed E-state index contributed by atoms with van der Waals surface area (Å²) >= 11 is 0. The fourth-order valence-electron chi connectivity index (χ4n) is 4.18. The molecular formula is C23H31FN2O5S. The van der Waals surface area contributed by atoms with Crippen LogP contribution in [0.2, 0.25) is 0 Å². The number of furan rings is 1. The van der Waals surface area contributed by atoms with E-state index in [9.17, 15) is 22.7 Å². The first-order valence-corrected chi connectivity index (χ1v) is 12.3. The molecule has 1 heterocycles. The molecule has 0 bridgehead atoms. The van der Waals surface area contributed by atoms with Crippen molar-refractivity contribution in [1.29, 1.82) is 0 Å². The minimum Gasteiger partial charge on any atom is -0.447 e. The van der Waals surface area contributed by atoms with Crippen LogP contribution in [-0.4, -0.2) is 19.6 Å². The van der Waals surface area contributed by atoms with Crippen LogP contribution in [0.25, 0.3) is 0 Å². The summed E-state index contributed by atoms with van der Waals surface area (Å²) in [4.78, 5) is 12.7. The molecule has 0 fully saturated rings. The molecule has 176 valence electrons. The number of carbonyl (C=O) groups is 1. The van der Waals surface area contributed by atoms with E-state index in [0.29, 0.717) is 35.3 Å². The Morgan fingerprint density at radius 1 is 1.19 bits per heavy atom. The van der Waals surface area contributed by atoms with Crippen LogP contribution in [0.15, 0.2) is 27.7 Å².